The Bertz CT molecular complexity index is 1010. The van der Waals surface area contributed by atoms with Crippen LogP contribution in [0.25, 0.3) is 0 Å². The average Bonchev–Trinajstić information content (AvgIpc) is 2.70. The average molecular weight is 484 g/mol. The van der Waals surface area contributed by atoms with Gasteiger partial charge in [-0.25, -0.2) is 17.9 Å². The molecule has 0 aliphatic carbocycles. The maximum atomic E-state index is 12.1. The van der Waals surface area contributed by atoms with E-state index in [2.05, 4.69) is 31.5 Å². The molecule has 0 saturated heterocycles. The summed E-state index contributed by atoms with van der Waals surface area (Å²) in [6, 6.07) is 11.7. The first-order valence-electron chi connectivity index (χ1n) is 8.34. The zero-order chi connectivity index (χ0) is 21.4. The lowest BCUT2D eigenvalue weighted by Gasteiger charge is -2.09. The Morgan fingerprint density at radius 2 is 1.69 bits per heavy atom. The number of hydrogen-bond donors (Lipinski definition) is 3. The molecule has 0 unspecified atom stereocenters. The molecule has 9 nitrogen and oxygen atoms in total. The minimum atomic E-state index is -3.73. The number of halogens is 1. The first-order chi connectivity index (χ1) is 13.7. The number of sulfonamides is 1. The van der Waals surface area contributed by atoms with E-state index in [0.717, 1.165) is 10.5 Å². The Labute approximate surface area is 176 Å². The highest BCUT2D eigenvalue weighted by Crippen LogP contribution is 2.12. The van der Waals surface area contributed by atoms with Crippen LogP contribution >= 0.6 is 15.9 Å². The molecule has 0 aromatic heterocycles. The van der Waals surface area contributed by atoms with E-state index < -0.39 is 34.4 Å². The van der Waals surface area contributed by atoms with Crippen LogP contribution < -0.4 is 15.6 Å². The Morgan fingerprint density at radius 1 is 1.00 bits per heavy atom. The van der Waals surface area contributed by atoms with Gasteiger partial charge in [0.2, 0.25) is 10.0 Å². The van der Waals surface area contributed by atoms with Crippen LogP contribution in [0.2, 0.25) is 0 Å². The Morgan fingerprint density at radius 3 is 2.34 bits per heavy atom. The third-order valence-corrected chi connectivity index (χ3v) is 5.54. The van der Waals surface area contributed by atoms with Gasteiger partial charge in [0.25, 0.3) is 11.8 Å². The zero-order valence-electron chi connectivity index (χ0n) is 15.3. The summed E-state index contributed by atoms with van der Waals surface area (Å²) >= 11 is 3.25. The highest BCUT2D eigenvalue weighted by Gasteiger charge is 2.17. The number of esters is 1. The first-order valence-corrected chi connectivity index (χ1v) is 10.6. The summed E-state index contributed by atoms with van der Waals surface area (Å²) in [4.78, 5) is 35.6. The molecule has 154 valence electrons. The number of ether oxygens (including phenoxy) is 1. The normalized spacial score (nSPS) is 10.8. The monoisotopic (exact) mass is 483 g/mol. The lowest BCUT2D eigenvalue weighted by Crippen LogP contribution is -2.43. The molecule has 0 heterocycles. The number of hydrogen-bond acceptors (Lipinski definition) is 6. The zero-order valence-corrected chi connectivity index (χ0v) is 17.7. The lowest BCUT2D eigenvalue weighted by atomic mass is 10.2. The summed E-state index contributed by atoms with van der Waals surface area (Å²) in [5.74, 6) is -2.19. The van der Waals surface area contributed by atoms with E-state index in [9.17, 15) is 22.8 Å². The van der Waals surface area contributed by atoms with Crippen LogP contribution in [0.4, 0.5) is 0 Å². The molecule has 0 saturated carbocycles. The van der Waals surface area contributed by atoms with Crippen molar-refractivity contribution in [2.75, 3.05) is 13.2 Å². The van der Waals surface area contributed by atoms with Crippen molar-refractivity contribution in [1.29, 1.82) is 0 Å². The van der Waals surface area contributed by atoms with Gasteiger partial charge in [0, 0.05) is 16.6 Å². The van der Waals surface area contributed by atoms with Crippen LogP contribution in [0.1, 0.15) is 27.6 Å². The van der Waals surface area contributed by atoms with Crippen molar-refractivity contribution in [2.45, 2.75) is 11.8 Å². The van der Waals surface area contributed by atoms with Gasteiger partial charge in [-0.2, -0.15) is 0 Å². The molecule has 2 rings (SSSR count). The number of benzene rings is 2. The van der Waals surface area contributed by atoms with Crippen LogP contribution in [-0.4, -0.2) is 39.4 Å². The Kier molecular flexibility index (Phi) is 7.88. The fraction of sp³-hybridized carbons (Fsp3) is 0.167. The van der Waals surface area contributed by atoms with Gasteiger partial charge in [0.05, 0.1) is 10.5 Å². The maximum Gasteiger partial charge on any atom is 0.338 e. The second-order valence-corrected chi connectivity index (χ2v) is 8.30. The predicted molar refractivity (Wildman–Crippen MR) is 107 cm³/mol. The molecular weight excluding hydrogens is 466 g/mol. The molecule has 0 radical (unpaired) electrons. The van der Waals surface area contributed by atoms with Gasteiger partial charge in [0.1, 0.15) is 0 Å². The van der Waals surface area contributed by atoms with Crippen molar-refractivity contribution in [3.63, 3.8) is 0 Å². The molecule has 0 spiro atoms. The van der Waals surface area contributed by atoms with Crippen LogP contribution in [0, 0.1) is 0 Å². The minimum Gasteiger partial charge on any atom is -0.452 e. The topological polar surface area (TPSA) is 131 Å². The molecule has 2 aromatic rings. The van der Waals surface area contributed by atoms with Crippen LogP contribution in [0.5, 0.6) is 0 Å². The fourth-order valence-corrected chi connectivity index (χ4v) is 3.46. The molecular formula is C18H18BrN3O6S. The van der Waals surface area contributed by atoms with Crippen molar-refractivity contribution in [2.24, 2.45) is 0 Å². The van der Waals surface area contributed by atoms with E-state index >= 15 is 0 Å². The van der Waals surface area contributed by atoms with Gasteiger partial charge in [-0.3, -0.25) is 20.4 Å². The molecule has 0 fully saturated rings. The van der Waals surface area contributed by atoms with Crippen LogP contribution in [0.3, 0.4) is 0 Å². The smallest absolute Gasteiger partial charge is 0.338 e. The third-order valence-electron chi connectivity index (χ3n) is 3.47. The number of rotatable bonds is 7. The lowest BCUT2D eigenvalue weighted by molar-refractivity contribution is -0.125. The van der Waals surface area contributed by atoms with Crippen LogP contribution in [0.15, 0.2) is 57.9 Å². The Hall–Kier alpha value is -2.76. The van der Waals surface area contributed by atoms with Gasteiger partial charge in [0.15, 0.2) is 6.61 Å². The van der Waals surface area contributed by atoms with E-state index in [1.807, 2.05) is 0 Å². The minimum absolute atomic E-state index is 0.0318. The van der Waals surface area contributed by atoms with E-state index in [-0.39, 0.29) is 17.0 Å². The van der Waals surface area contributed by atoms with E-state index in [1.54, 1.807) is 31.2 Å². The van der Waals surface area contributed by atoms with Crippen molar-refractivity contribution < 1.29 is 27.5 Å². The number of hydrazine groups is 1. The first kappa shape index (κ1) is 22.5. The summed E-state index contributed by atoms with van der Waals surface area (Å²) in [7, 11) is -3.73. The predicted octanol–water partition coefficient (Wildman–Crippen LogP) is 1.37. The highest BCUT2D eigenvalue weighted by atomic mass is 79.9. The highest BCUT2D eigenvalue weighted by molar-refractivity contribution is 9.10. The van der Waals surface area contributed by atoms with Crippen LogP contribution in [-0.2, 0) is 19.6 Å². The molecule has 11 heteroatoms. The van der Waals surface area contributed by atoms with Crippen molar-refractivity contribution in [3.05, 3.63) is 64.1 Å². The largest absolute Gasteiger partial charge is 0.452 e. The molecule has 0 bridgehead atoms. The molecule has 0 aliphatic rings. The van der Waals surface area contributed by atoms with Gasteiger partial charge in [-0.15, -0.1) is 0 Å². The van der Waals surface area contributed by atoms with Gasteiger partial charge >= 0.3 is 5.97 Å². The number of carbonyl (C=O) groups is 3. The SMILES string of the molecule is CCNS(=O)(=O)c1cccc(C(=O)OCC(=O)NNC(=O)c2ccc(Br)cc2)c1. The summed E-state index contributed by atoms with van der Waals surface area (Å²) < 4.78 is 31.9. The van der Waals surface area contributed by atoms with Gasteiger partial charge in [-0.05, 0) is 42.5 Å². The van der Waals surface area contributed by atoms with Crippen molar-refractivity contribution >= 4 is 43.7 Å². The summed E-state index contributed by atoms with van der Waals surface area (Å²) in [5.41, 5.74) is 4.61. The summed E-state index contributed by atoms with van der Waals surface area (Å²) in [6.45, 7) is 1.16. The Balaban J connectivity index is 1.88. The van der Waals surface area contributed by atoms with E-state index in [1.165, 1.54) is 18.2 Å². The molecule has 29 heavy (non-hydrogen) atoms. The molecule has 0 aliphatic heterocycles. The molecule has 2 amide bonds. The second-order valence-electron chi connectivity index (χ2n) is 5.61. The van der Waals surface area contributed by atoms with Gasteiger partial charge in [-0.1, -0.05) is 28.9 Å². The quantitative estimate of drug-likeness (QED) is 0.402. The fourth-order valence-electron chi connectivity index (χ4n) is 2.11. The van der Waals surface area contributed by atoms with E-state index in [4.69, 9.17) is 4.74 Å². The van der Waals surface area contributed by atoms with Gasteiger partial charge < -0.3 is 4.74 Å². The molecule has 3 N–H and O–H groups in total. The standard InChI is InChI=1S/C18H18BrN3O6S/c1-2-20-29(26,27)15-5-3-4-13(10-15)18(25)28-11-16(23)21-22-17(24)12-6-8-14(19)9-7-12/h3-10,20H,2,11H2,1H3,(H,21,23)(H,22,24). The summed E-state index contributed by atoms with van der Waals surface area (Å²) in [6.07, 6.45) is 0. The van der Waals surface area contributed by atoms with E-state index in [0.29, 0.717) is 5.56 Å². The molecule has 0 atom stereocenters. The summed E-state index contributed by atoms with van der Waals surface area (Å²) in [5, 5.41) is 0. The number of carbonyl (C=O) groups excluding carboxylic acids is 3. The number of nitrogens with one attached hydrogen (secondary N) is 3. The second kappa shape index (κ2) is 10.1. The maximum absolute atomic E-state index is 12.1. The van der Waals surface area contributed by atoms with Crippen molar-refractivity contribution in [3.8, 4) is 0 Å². The molecule has 2 aromatic carbocycles. The third kappa shape index (κ3) is 6.66. The van der Waals surface area contributed by atoms with Crippen molar-refractivity contribution in [1.82, 2.24) is 15.6 Å². The number of amides is 2.